The van der Waals surface area contributed by atoms with E-state index in [9.17, 15) is 14.7 Å². The van der Waals surface area contributed by atoms with Crippen LogP contribution in [-0.4, -0.2) is 41.0 Å². The number of ketones is 1. The molecule has 0 spiro atoms. The number of Topliss-reactive ketones (excluding diaryl/α,β-unsaturated/α-hetero) is 1. The topological polar surface area (TPSA) is 112 Å². The second-order valence-corrected chi connectivity index (χ2v) is 14.1. The fourth-order valence-corrected chi connectivity index (χ4v) is 9.47. The monoisotopic (exact) mass is 594 g/mol. The lowest BCUT2D eigenvalue weighted by Gasteiger charge is -2.60. The summed E-state index contributed by atoms with van der Waals surface area (Å²) in [5.74, 6) is 2.86. The summed E-state index contributed by atoms with van der Waals surface area (Å²) in [6.07, 6.45) is 10.8. The van der Waals surface area contributed by atoms with Gasteiger partial charge in [-0.2, -0.15) is 10.2 Å². The van der Waals surface area contributed by atoms with E-state index in [1.807, 2.05) is 6.07 Å². The molecule has 0 unspecified atom stereocenters. The van der Waals surface area contributed by atoms with Crippen molar-refractivity contribution in [3.63, 3.8) is 0 Å². The van der Waals surface area contributed by atoms with Crippen LogP contribution in [0.4, 0.5) is 0 Å². The fourth-order valence-electron chi connectivity index (χ4n) is 9.38. The number of ether oxygens (including phenoxy) is 1. The summed E-state index contributed by atoms with van der Waals surface area (Å²) in [6, 6.07) is 6.95. The quantitative estimate of drug-likeness (QED) is 0.154. The Labute approximate surface area is 255 Å². The highest BCUT2D eigenvalue weighted by Gasteiger charge is 2.62. The molecule has 42 heavy (non-hydrogen) atoms. The predicted molar refractivity (Wildman–Crippen MR) is 168 cm³/mol. The van der Waals surface area contributed by atoms with Crippen LogP contribution in [0.5, 0.6) is 5.75 Å². The van der Waals surface area contributed by atoms with Crippen LogP contribution < -0.4 is 10.9 Å². The smallest absolute Gasteiger partial charge is 0.305 e. The molecular weight excluding hydrogens is 548 g/mol. The minimum atomic E-state index is -0.127. The molecule has 1 aromatic carbocycles. The zero-order chi connectivity index (χ0) is 30.1. The second-order valence-electron chi connectivity index (χ2n) is 13.7. The Morgan fingerprint density at radius 3 is 2.67 bits per heavy atom. The van der Waals surface area contributed by atoms with E-state index < -0.39 is 0 Å². The lowest BCUT2D eigenvalue weighted by molar-refractivity contribution is -0.153. The van der Waals surface area contributed by atoms with Crippen molar-refractivity contribution in [1.29, 1.82) is 0 Å². The summed E-state index contributed by atoms with van der Waals surface area (Å²) in [7, 11) is 1.46. The molecule has 0 heterocycles. The molecule has 0 aromatic heterocycles. The average molecular weight is 595 g/mol. The van der Waals surface area contributed by atoms with Crippen molar-refractivity contribution < 1.29 is 19.4 Å². The summed E-state index contributed by atoms with van der Waals surface area (Å²) in [5.41, 5.74) is 7.64. The summed E-state index contributed by atoms with van der Waals surface area (Å²) >= 11 is 5.34. The van der Waals surface area contributed by atoms with Crippen LogP contribution in [0, 0.1) is 46.3 Å². The molecule has 8 nitrogen and oxygen atoms in total. The molecule has 3 N–H and O–H groups in total. The van der Waals surface area contributed by atoms with Crippen molar-refractivity contribution in [1.82, 2.24) is 10.9 Å². The summed E-state index contributed by atoms with van der Waals surface area (Å²) in [4.78, 5) is 25.7. The molecule has 5 rings (SSSR count). The molecule has 0 radical (unpaired) electrons. The molecule has 0 amide bonds. The number of hydrazone groups is 2. The molecule has 228 valence electrons. The lowest BCUT2D eigenvalue weighted by Crippen LogP contribution is -2.57. The van der Waals surface area contributed by atoms with E-state index in [-0.39, 0.29) is 33.6 Å². The number of hydrogen-bond acceptors (Lipinski definition) is 7. The van der Waals surface area contributed by atoms with Gasteiger partial charge in [0.05, 0.1) is 13.3 Å². The number of carbonyl (C=O) groups is 2. The van der Waals surface area contributed by atoms with Gasteiger partial charge in [-0.3, -0.25) is 20.4 Å². The van der Waals surface area contributed by atoms with E-state index in [1.165, 1.54) is 19.7 Å². The second kappa shape index (κ2) is 12.4. The number of fused-ring (bicyclic) bond motifs is 5. The van der Waals surface area contributed by atoms with Crippen molar-refractivity contribution in [2.24, 2.45) is 56.5 Å². The Kier molecular flexibility index (Phi) is 9.07. The number of rotatable bonds is 7. The number of benzene rings is 1. The number of phenolic OH excluding ortho intramolecular Hbond substituents is 1. The Morgan fingerprint density at radius 2 is 1.90 bits per heavy atom. The van der Waals surface area contributed by atoms with Crippen molar-refractivity contribution in [3.05, 3.63) is 29.8 Å². The molecule has 4 aliphatic rings. The highest BCUT2D eigenvalue weighted by Crippen LogP contribution is 2.67. The van der Waals surface area contributed by atoms with Crippen LogP contribution in [0.1, 0.15) is 90.5 Å². The van der Waals surface area contributed by atoms with Crippen LogP contribution in [0.2, 0.25) is 0 Å². The van der Waals surface area contributed by atoms with Crippen molar-refractivity contribution >= 4 is 41.0 Å². The SMILES string of the molecule is COC(=O)CC[C@@H](C)[C@H]1CC[C@H]2[C@@H]3C(=O)C[C@@H]4C/C(=N/NC(=S)N/N=C/c5ccccc5O)CC[C@]4(C)[C@H]3CC[C@]12C. The van der Waals surface area contributed by atoms with E-state index in [2.05, 4.69) is 41.8 Å². The molecule has 1 aromatic rings. The van der Waals surface area contributed by atoms with E-state index in [0.29, 0.717) is 53.8 Å². The van der Waals surface area contributed by atoms with E-state index in [0.717, 1.165) is 50.7 Å². The van der Waals surface area contributed by atoms with Gasteiger partial charge in [0.1, 0.15) is 11.5 Å². The van der Waals surface area contributed by atoms with Gasteiger partial charge < -0.3 is 9.84 Å². The standard InChI is InChI=1S/C33H46N4O4S/c1-20(9-12-29(40)41-4)24-10-11-25-30-26(14-16-33(24,25)3)32(2)15-13-23(17-22(32)18-28(30)39)35-37-31(42)36-34-19-21-7-5-6-8-27(21)38/h5-8,19-20,22,24-26,30,38H,9-18H2,1-4H3,(H2,36,37,42)/b34-19+,35-23+/t20-,22+,24-,25+,26+,30+,32+,33-/m1/s1. The van der Waals surface area contributed by atoms with Crippen molar-refractivity contribution in [2.45, 2.75) is 85.0 Å². The van der Waals surface area contributed by atoms with Crippen LogP contribution >= 0.6 is 12.2 Å². The zero-order valence-electron chi connectivity index (χ0n) is 25.4. The zero-order valence-corrected chi connectivity index (χ0v) is 26.2. The van der Waals surface area contributed by atoms with Gasteiger partial charge in [-0.05, 0) is 116 Å². The Morgan fingerprint density at radius 1 is 1.14 bits per heavy atom. The van der Waals surface area contributed by atoms with Gasteiger partial charge in [0, 0.05) is 30.0 Å². The van der Waals surface area contributed by atoms with Gasteiger partial charge in [-0.15, -0.1) is 0 Å². The van der Waals surface area contributed by atoms with Crippen LogP contribution in [-0.2, 0) is 14.3 Å². The summed E-state index contributed by atoms with van der Waals surface area (Å²) < 4.78 is 4.89. The molecule has 0 saturated heterocycles. The molecule has 9 heteroatoms. The number of para-hydroxylation sites is 1. The van der Waals surface area contributed by atoms with Gasteiger partial charge in [-0.1, -0.05) is 32.9 Å². The highest BCUT2D eigenvalue weighted by molar-refractivity contribution is 7.80. The summed E-state index contributed by atoms with van der Waals surface area (Å²) in [5, 5.41) is 18.8. The van der Waals surface area contributed by atoms with Gasteiger partial charge in [0.2, 0.25) is 5.11 Å². The number of nitrogens with zero attached hydrogens (tertiary/aromatic N) is 2. The van der Waals surface area contributed by atoms with Gasteiger partial charge in [0.25, 0.3) is 0 Å². The number of thiocarbonyl (C=S) groups is 1. The molecule has 0 bridgehead atoms. The maximum absolute atomic E-state index is 13.9. The largest absolute Gasteiger partial charge is 0.507 e. The minimum Gasteiger partial charge on any atom is -0.507 e. The van der Waals surface area contributed by atoms with Gasteiger partial charge in [-0.25, -0.2) is 0 Å². The van der Waals surface area contributed by atoms with E-state index >= 15 is 0 Å². The normalized spacial score (nSPS) is 35.7. The number of carbonyl (C=O) groups excluding carboxylic acids is 2. The third-order valence-electron chi connectivity index (χ3n) is 11.7. The summed E-state index contributed by atoms with van der Waals surface area (Å²) in [6.45, 7) is 7.19. The number of nitrogens with one attached hydrogen (secondary N) is 2. The number of phenols is 1. The van der Waals surface area contributed by atoms with Gasteiger partial charge in [0.15, 0.2) is 0 Å². The molecule has 4 fully saturated rings. The average Bonchev–Trinajstić information content (AvgIpc) is 3.33. The molecule has 0 aliphatic heterocycles. The Hall–Kier alpha value is -2.81. The molecular formula is C33H46N4O4S. The van der Waals surface area contributed by atoms with Crippen molar-refractivity contribution in [2.75, 3.05) is 7.11 Å². The van der Waals surface area contributed by atoms with Crippen molar-refractivity contribution in [3.8, 4) is 5.75 Å². The van der Waals surface area contributed by atoms with Crippen LogP contribution in [0.15, 0.2) is 34.5 Å². The third-order valence-corrected chi connectivity index (χ3v) is 11.9. The first-order chi connectivity index (χ1) is 20.1. The minimum absolute atomic E-state index is 0.127. The van der Waals surface area contributed by atoms with E-state index in [4.69, 9.17) is 17.0 Å². The number of hydrogen-bond donors (Lipinski definition) is 3. The lowest BCUT2D eigenvalue weighted by atomic mass is 9.44. The fraction of sp³-hybridized carbons (Fsp3) is 0.667. The maximum Gasteiger partial charge on any atom is 0.305 e. The molecule has 4 aliphatic carbocycles. The number of aromatic hydroxyl groups is 1. The van der Waals surface area contributed by atoms with E-state index in [1.54, 1.807) is 18.2 Å². The van der Waals surface area contributed by atoms with Gasteiger partial charge >= 0.3 is 5.97 Å². The molecule has 4 saturated carbocycles. The predicted octanol–water partition coefficient (Wildman–Crippen LogP) is 5.97. The number of methoxy groups -OCH3 is 1. The first kappa shape index (κ1) is 30.6. The number of esters is 1. The Bertz CT molecular complexity index is 1270. The third kappa shape index (κ3) is 5.86. The van der Waals surface area contributed by atoms with Crippen LogP contribution in [0.3, 0.4) is 0 Å². The maximum atomic E-state index is 13.9. The first-order valence-electron chi connectivity index (χ1n) is 15.6. The highest BCUT2D eigenvalue weighted by atomic mass is 32.1. The van der Waals surface area contributed by atoms with Crippen LogP contribution in [0.25, 0.3) is 0 Å². The molecule has 8 atom stereocenters. The first-order valence-corrected chi connectivity index (χ1v) is 16.0. The Balaban J connectivity index is 1.20.